The number of Topliss-reactive ketones (excluding diaryl/α,β-unsaturated/α-hetero) is 1. The molecule has 4 aliphatic carbocycles. The zero-order valence-electron chi connectivity index (χ0n) is 30.2. The van der Waals surface area contributed by atoms with Gasteiger partial charge in [-0.2, -0.15) is 0 Å². The van der Waals surface area contributed by atoms with Crippen LogP contribution in [-0.2, 0) is 35.1 Å². The molecule has 5 N–H and O–H groups in total. The highest BCUT2D eigenvalue weighted by atomic mass is 19.1. The van der Waals surface area contributed by atoms with Crippen LogP contribution in [0.15, 0.2) is 72.3 Å². The fourth-order valence-corrected chi connectivity index (χ4v) is 10.1. The summed E-state index contributed by atoms with van der Waals surface area (Å²) in [7, 11) is 0. The van der Waals surface area contributed by atoms with Crippen molar-refractivity contribution in [2.24, 2.45) is 34.3 Å². The minimum atomic E-state index is -2.34. The molecule has 1 amide bonds. The third-order valence-electron chi connectivity index (χ3n) is 13.0. The summed E-state index contributed by atoms with van der Waals surface area (Å²) < 4.78 is 46.2. The van der Waals surface area contributed by atoms with Crippen LogP contribution in [0, 0.1) is 28.6 Å². The molecule has 2 aromatic carbocycles. The van der Waals surface area contributed by atoms with Gasteiger partial charge in [0.2, 0.25) is 5.91 Å². The number of hydrogen-bond donors (Lipinski definition) is 4. The number of ketones is 2. The van der Waals surface area contributed by atoms with Crippen molar-refractivity contribution in [2.45, 2.75) is 102 Å². The van der Waals surface area contributed by atoms with Crippen molar-refractivity contribution in [2.75, 3.05) is 5.32 Å². The van der Waals surface area contributed by atoms with Crippen LogP contribution in [0.3, 0.4) is 0 Å². The van der Waals surface area contributed by atoms with Crippen molar-refractivity contribution < 1.29 is 47.6 Å². The molecule has 12 atom stereocenters. The first kappa shape index (κ1) is 37.2. The minimum absolute atomic E-state index is 0.00479. The van der Waals surface area contributed by atoms with Crippen molar-refractivity contribution in [3.8, 4) is 0 Å². The van der Waals surface area contributed by atoms with Gasteiger partial charge in [0.05, 0.1) is 12.1 Å². The SMILES string of the molecule is C[C@H](N)C(=O)C[C@@H](C)C(=O)Nc1cccc(Cc2ccc([C@@H]3O[C@@H]4C[C@H]5[C@@H]6C[C@H](F)C7=CC(=O)C=C[C@]7(C)[C@@]6(F)[C@@H](O)C[C@]5(C)[C@]4(C(=O)O)O3)cc2)c1. The normalized spacial score (nSPS) is 38.1. The van der Waals surface area contributed by atoms with E-state index in [0.29, 0.717) is 17.7 Å². The number of anilines is 1. The molecule has 2 aromatic rings. The summed E-state index contributed by atoms with van der Waals surface area (Å²) >= 11 is 0. The molecule has 4 fully saturated rings. The van der Waals surface area contributed by atoms with Crippen LogP contribution in [0.2, 0.25) is 0 Å². The standard InChI is InChI=1S/C41H46F2N2O8/c1-21(14-32(47)22(2)44)35(49)45-26-7-5-6-24(16-26)15-23-8-10-25(11-9-23)36-52-34-19-28-29-18-31(42)30-17-27(46)12-13-38(30,3)40(29,43)33(48)20-39(28,4)41(34,53-36)37(50)51/h5-13,16-17,21-22,28-29,31,33-34,36,48H,14-15,18-20,44H2,1-4H3,(H,45,49)(H,50,51)/t21-,22+,28+,29+,31+,33+,34-,36-,38+,39+,40+,41+/m1/s1. The molecule has 1 aliphatic heterocycles. The molecule has 53 heavy (non-hydrogen) atoms. The number of fused-ring (bicyclic) bond motifs is 7. The first-order chi connectivity index (χ1) is 24.9. The molecule has 3 saturated carbocycles. The largest absolute Gasteiger partial charge is 0.479 e. The van der Waals surface area contributed by atoms with Gasteiger partial charge >= 0.3 is 5.97 Å². The number of nitrogens with one attached hydrogen (secondary N) is 1. The lowest BCUT2D eigenvalue weighted by atomic mass is 9.44. The van der Waals surface area contributed by atoms with Gasteiger partial charge in [-0.15, -0.1) is 0 Å². The van der Waals surface area contributed by atoms with Crippen LogP contribution in [-0.4, -0.2) is 69.3 Å². The van der Waals surface area contributed by atoms with E-state index in [2.05, 4.69) is 5.32 Å². The second-order valence-electron chi connectivity index (χ2n) is 16.2. The van der Waals surface area contributed by atoms with Gasteiger partial charge in [-0.1, -0.05) is 56.3 Å². The molecule has 0 spiro atoms. The average Bonchev–Trinajstić information content (AvgIpc) is 3.61. The van der Waals surface area contributed by atoms with Crippen LogP contribution < -0.4 is 11.1 Å². The highest BCUT2D eigenvalue weighted by molar-refractivity contribution is 6.01. The molecular formula is C41H46F2N2O8. The number of nitrogens with two attached hydrogens (primary N) is 1. The number of alkyl halides is 2. The monoisotopic (exact) mass is 732 g/mol. The Hall–Kier alpha value is -4.10. The van der Waals surface area contributed by atoms with E-state index in [4.69, 9.17) is 15.2 Å². The number of carbonyl (C=O) groups is 4. The van der Waals surface area contributed by atoms with E-state index < -0.39 is 82.3 Å². The Bertz CT molecular complexity index is 1910. The quantitative estimate of drug-likeness (QED) is 0.267. The number of hydrogen-bond acceptors (Lipinski definition) is 8. The summed E-state index contributed by atoms with van der Waals surface area (Å²) in [5.74, 6) is -4.47. The maximum absolute atomic E-state index is 17.6. The molecule has 12 heteroatoms. The molecule has 1 heterocycles. The Kier molecular flexibility index (Phi) is 9.16. The van der Waals surface area contributed by atoms with Gasteiger partial charge in [0.15, 0.2) is 23.3 Å². The van der Waals surface area contributed by atoms with Gasteiger partial charge in [0, 0.05) is 40.3 Å². The van der Waals surface area contributed by atoms with Gasteiger partial charge < -0.3 is 30.7 Å². The molecule has 7 rings (SSSR count). The summed E-state index contributed by atoms with van der Waals surface area (Å²) in [6.07, 6.45) is -1.53. The summed E-state index contributed by atoms with van der Waals surface area (Å²) in [6, 6.07) is 14.1. The van der Waals surface area contributed by atoms with Crippen molar-refractivity contribution in [3.05, 3.63) is 89.0 Å². The van der Waals surface area contributed by atoms with Crippen LogP contribution in [0.4, 0.5) is 14.5 Å². The van der Waals surface area contributed by atoms with Gasteiger partial charge in [0.25, 0.3) is 0 Å². The van der Waals surface area contributed by atoms with E-state index in [1.54, 1.807) is 39.0 Å². The number of carbonyl (C=O) groups excluding carboxylic acids is 3. The Balaban J connectivity index is 1.07. The molecule has 0 unspecified atom stereocenters. The molecule has 0 aromatic heterocycles. The van der Waals surface area contributed by atoms with Crippen LogP contribution in [0.1, 0.15) is 76.4 Å². The van der Waals surface area contributed by atoms with E-state index in [9.17, 15) is 29.4 Å². The highest BCUT2D eigenvalue weighted by Crippen LogP contribution is 2.72. The van der Waals surface area contributed by atoms with Crippen molar-refractivity contribution in [1.82, 2.24) is 0 Å². The summed E-state index contributed by atoms with van der Waals surface area (Å²) in [5.41, 5.74) is 1.52. The zero-order chi connectivity index (χ0) is 38.2. The fourth-order valence-electron chi connectivity index (χ4n) is 10.1. The number of aliphatic carboxylic acids is 1. The maximum atomic E-state index is 17.6. The first-order valence-corrected chi connectivity index (χ1v) is 18.2. The number of rotatable bonds is 9. The number of aliphatic hydroxyl groups is 1. The van der Waals surface area contributed by atoms with Crippen LogP contribution in [0.25, 0.3) is 0 Å². The second-order valence-corrected chi connectivity index (χ2v) is 16.2. The Morgan fingerprint density at radius 3 is 2.45 bits per heavy atom. The van der Waals surface area contributed by atoms with E-state index in [-0.39, 0.29) is 42.9 Å². The minimum Gasteiger partial charge on any atom is -0.479 e. The Morgan fingerprint density at radius 1 is 1.06 bits per heavy atom. The van der Waals surface area contributed by atoms with Crippen molar-refractivity contribution in [3.63, 3.8) is 0 Å². The predicted octanol–water partition coefficient (Wildman–Crippen LogP) is 5.32. The number of ether oxygens (including phenoxy) is 2. The van der Waals surface area contributed by atoms with Crippen molar-refractivity contribution in [1.29, 1.82) is 0 Å². The smallest absolute Gasteiger partial charge is 0.339 e. The van der Waals surface area contributed by atoms with E-state index in [1.807, 2.05) is 30.3 Å². The summed E-state index contributed by atoms with van der Waals surface area (Å²) in [6.45, 7) is 6.46. The van der Waals surface area contributed by atoms with Gasteiger partial charge in [0.1, 0.15) is 18.1 Å². The molecule has 10 nitrogen and oxygen atoms in total. The Labute approximate surface area is 306 Å². The van der Waals surface area contributed by atoms with Gasteiger partial charge in [-0.05, 0) is 86.4 Å². The van der Waals surface area contributed by atoms with E-state index in [0.717, 1.165) is 17.2 Å². The topological polar surface area (TPSA) is 165 Å². The zero-order valence-corrected chi connectivity index (χ0v) is 30.2. The molecule has 0 radical (unpaired) electrons. The van der Waals surface area contributed by atoms with E-state index in [1.165, 1.54) is 19.1 Å². The molecule has 0 bridgehead atoms. The molecular weight excluding hydrogens is 686 g/mol. The number of halogens is 2. The lowest BCUT2D eigenvalue weighted by Crippen LogP contribution is -2.70. The predicted molar refractivity (Wildman–Crippen MR) is 190 cm³/mol. The number of carboxylic acid groups (broad SMARTS) is 1. The fraction of sp³-hybridized carbons (Fsp3) is 0.512. The summed E-state index contributed by atoms with van der Waals surface area (Å²) in [5, 5.41) is 25.3. The third kappa shape index (κ3) is 5.63. The number of carboxylic acids is 1. The lowest BCUT2D eigenvalue weighted by molar-refractivity contribution is -0.240. The summed E-state index contributed by atoms with van der Waals surface area (Å²) in [4.78, 5) is 50.1. The number of allylic oxidation sites excluding steroid dienone is 4. The van der Waals surface area contributed by atoms with Crippen LogP contribution in [0.5, 0.6) is 0 Å². The molecule has 282 valence electrons. The Morgan fingerprint density at radius 2 is 1.77 bits per heavy atom. The lowest BCUT2D eigenvalue weighted by Gasteiger charge is -2.62. The van der Waals surface area contributed by atoms with Gasteiger partial charge in [-0.3, -0.25) is 14.4 Å². The number of benzene rings is 2. The second kappa shape index (κ2) is 13.0. The van der Waals surface area contributed by atoms with E-state index >= 15 is 8.78 Å². The van der Waals surface area contributed by atoms with Crippen molar-refractivity contribution >= 4 is 29.1 Å². The molecule has 5 aliphatic rings. The average molecular weight is 733 g/mol. The first-order valence-electron chi connectivity index (χ1n) is 18.2. The van der Waals surface area contributed by atoms with Crippen LogP contribution >= 0.6 is 0 Å². The highest BCUT2D eigenvalue weighted by Gasteiger charge is 2.80. The third-order valence-corrected chi connectivity index (χ3v) is 13.0. The number of amides is 1. The van der Waals surface area contributed by atoms with Gasteiger partial charge in [-0.25, -0.2) is 13.6 Å². The molecule has 1 saturated heterocycles. The maximum Gasteiger partial charge on any atom is 0.339 e. The number of aliphatic hydroxyl groups excluding tert-OH is 1.